The van der Waals surface area contributed by atoms with Crippen LogP contribution < -0.4 is 11.1 Å². The number of thioether (sulfide) groups is 1. The van der Waals surface area contributed by atoms with Crippen LogP contribution in [0.4, 0.5) is 4.79 Å². The van der Waals surface area contributed by atoms with Crippen LogP contribution >= 0.6 is 11.8 Å². The van der Waals surface area contributed by atoms with Crippen LogP contribution in [-0.2, 0) is 4.79 Å². The van der Waals surface area contributed by atoms with E-state index in [0.29, 0.717) is 18.8 Å². The molecule has 5 nitrogen and oxygen atoms in total. The Labute approximate surface area is 93.7 Å². The number of hydrogen-bond donors (Lipinski definition) is 2. The van der Waals surface area contributed by atoms with Crippen molar-refractivity contribution in [3.05, 3.63) is 0 Å². The van der Waals surface area contributed by atoms with Crippen molar-refractivity contribution in [2.75, 3.05) is 24.6 Å². The number of amides is 3. The van der Waals surface area contributed by atoms with Gasteiger partial charge in [0.1, 0.15) is 0 Å². The summed E-state index contributed by atoms with van der Waals surface area (Å²) in [7, 11) is 0. The van der Waals surface area contributed by atoms with Crippen LogP contribution in [0.5, 0.6) is 0 Å². The molecular formula is C9H17N3O2S. The minimum atomic E-state index is -0.271. The summed E-state index contributed by atoms with van der Waals surface area (Å²) in [6, 6.07) is -0.101. The lowest BCUT2D eigenvalue weighted by atomic mass is 10.3. The summed E-state index contributed by atoms with van der Waals surface area (Å²) in [6.07, 6.45) is 0.893. The van der Waals surface area contributed by atoms with Crippen molar-refractivity contribution in [3.63, 3.8) is 0 Å². The number of hydrogen-bond acceptors (Lipinski definition) is 4. The number of urea groups is 1. The third-order valence-corrected chi connectivity index (χ3v) is 3.08. The predicted octanol–water partition coefficient (Wildman–Crippen LogP) is 0.00870. The van der Waals surface area contributed by atoms with Crippen molar-refractivity contribution in [2.24, 2.45) is 5.73 Å². The fourth-order valence-electron chi connectivity index (χ4n) is 1.22. The monoisotopic (exact) mass is 231 g/mol. The number of rotatable bonds is 5. The zero-order valence-electron chi connectivity index (χ0n) is 8.86. The third-order valence-electron chi connectivity index (χ3n) is 2.10. The molecule has 3 amide bonds. The first kappa shape index (κ1) is 12.3. The molecule has 0 bridgehead atoms. The Bertz CT molecular complexity index is 246. The maximum absolute atomic E-state index is 11.5. The first-order chi connectivity index (χ1) is 7.11. The summed E-state index contributed by atoms with van der Waals surface area (Å²) < 4.78 is 0. The number of nitrogens with two attached hydrogens (primary N) is 1. The normalized spacial score (nSPS) is 17.7. The highest BCUT2D eigenvalue weighted by atomic mass is 32.2. The summed E-state index contributed by atoms with van der Waals surface area (Å²) in [5, 5.41) is 2.60. The molecule has 1 unspecified atom stereocenters. The third kappa shape index (κ3) is 4.09. The average Bonchev–Trinajstić information content (AvgIpc) is 2.58. The van der Waals surface area contributed by atoms with E-state index in [1.807, 2.05) is 6.92 Å². The van der Waals surface area contributed by atoms with Gasteiger partial charge in [-0.2, -0.15) is 11.8 Å². The van der Waals surface area contributed by atoms with Gasteiger partial charge >= 0.3 is 6.03 Å². The predicted molar refractivity (Wildman–Crippen MR) is 60.7 cm³/mol. The van der Waals surface area contributed by atoms with Crippen LogP contribution in [0.25, 0.3) is 0 Å². The smallest absolute Gasteiger partial charge is 0.324 e. The molecule has 1 fully saturated rings. The fourth-order valence-corrected chi connectivity index (χ4v) is 2.23. The Balaban J connectivity index is 2.16. The molecule has 1 aliphatic rings. The molecule has 86 valence electrons. The molecule has 1 aliphatic heterocycles. The lowest BCUT2D eigenvalue weighted by Gasteiger charge is -2.11. The number of carbonyl (C=O) groups excluding carboxylic acids is 2. The van der Waals surface area contributed by atoms with Gasteiger partial charge in [-0.25, -0.2) is 4.79 Å². The maximum atomic E-state index is 11.5. The van der Waals surface area contributed by atoms with Crippen molar-refractivity contribution in [3.8, 4) is 0 Å². The van der Waals surface area contributed by atoms with Gasteiger partial charge in [0.25, 0.3) is 0 Å². The van der Waals surface area contributed by atoms with E-state index in [1.165, 1.54) is 16.7 Å². The van der Waals surface area contributed by atoms with Crippen molar-refractivity contribution in [1.82, 2.24) is 10.2 Å². The Kier molecular flexibility index (Phi) is 4.90. The van der Waals surface area contributed by atoms with Crippen LogP contribution in [0.1, 0.15) is 13.3 Å². The standard InChI is InChI=1S/C9H17N3O2S/c1-7(10)2-5-15-6-8(13)12-4-3-11-9(12)14/h7H,2-6,10H2,1H3,(H,11,14). The van der Waals surface area contributed by atoms with Gasteiger partial charge in [-0.15, -0.1) is 0 Å². The zero-order valence-corrected chi connectivity index (χ0v) is 9.68. The number of nitrogens with zero attached hydrogens (tertiary/aromatic N) is 1. The van der Waals surface area contributed by atoms with E-state index in [0.717, 1.165) is 12.2 Å². The summed E-state index contributed by atoms with van der Waals surface area (Å²) in [6.45, 7) is 3.00. The Morgan fingerprint density at radius 2 is 2.47 bits per heavy atom. The van der Waals surface area contributed by atoms with Gasteiger partial charge in [-0.3, -0.25) is 9.69 Å². The van der Waals surface area contributed by atoms with Gasteiger partial charge in [0.15, 0.2) is 0 Å². The van der Waals surface area contributed by atoms with Crippen molar-refractivity contribution >= 4 is 23.7 Å². The Morgan fingerprint density at radius 3 is 3.00 bits per heavy atom. The molecule has 1 heterocycles. The Hall–Kier alpha value is -0.750. The molecule has 1 saturated heterocycles. The van der Waals surface area contributed by atoms with Gasteiger partial charge < -0.3 is 11.1 Å². The zero-order chi connectivity index (χ0) is 11.3. The second kappa shape index (κ2) is 5.97. The van der Waals surface area contributed by atoms with Gasteiger partial charge in [0.05, 0.1) is 5.75 Å². The number of imide groups is 1. The van der Waals surface area contributed by atoms with E-state index in [-0.39, 0.29) is 18.0 Å². The molecule has 0 saturated carbocycles. The fraction of sp³-hybridized carbons (Fsp3) is 0.778. The average molecular weight is 231 g/mol. The largest absolute Gasteiger partial charge is 0.336 e. The van der Waals surface area contributed by atoms with E-state index in [1.54, 1.807) is 0 Å². The first-order valence-corrected chi connectivity index (χ1v) is 6.18. The molecule has 6 heteroatoms. The second-order valence-corrected chi connectivity index (χ2v) is 4.70. The minimum Gasteiger partial charge on any atom is -0.336 e. The SMILES string of the molecule is CC(N)CCSCC(=O)N1CCNC1=O. The van der Waals surface area contributed by atoms with Gasteiger partial charge in [-0.1, -0.05) is 0 Å². The Morgan fingerprint density at radius 1 is 1.73 bits per heavy atom. The molecule has 15 heavy (non-hydrogen) atoms. The molecule has 1 rings (SSSR count). The van der Waals surface area contributed by atoms with Gasteiger partial charge in [0.2, 0.25) is 5.91 Å². The number of carbonyl (C=O) groups is 2. The summed E-state index contributed by atoms with van der Waals surface area (Å²) in [5.74, 6) is 1.11. The molecule has 0 radical (unpaired) electrons. The second-order valence-electron chi connectivity index (χ2n) is 3.60. The molecule has 0 aromatic rings. The first-order valence-electron chi connectivity index (χ1n) is 5.03. The highest BCUT2D eigenvalue weighted by Crippen LogP contribution is 2.07. The van der Waals surface area contributed by atoms with Crippen LogP contribution in [0.15, 0.2) is 0 Å². The van der Waals surface area contributed by atoms with E-state index < -0.39 is 0 Å². The minimum absolute atomic E-state index is 0.111. The lowest BCUT2D eigenvalue weighted by molar-refractivity contribution is -0.124. The molecule has 1 atom stereocenters. The van der Waals surface area contributed by atoms with E-state index in [4.69, 9.17) is 5.73 Å². The molecule has 0 aromatic heterocycles. The summed E-state index contributed by atoms with van der Waals surface area (Å²) >= 11 is 1.53. The van der Waals surface area contributed by atoms with Crippen molar-refractivity contribution in [1.29, 1.82) is 0 Å². The summed E-state index contributed by atoms with van der Waals surface area (Å²) in [5.41, 5.74) is 5.58. The summed E-state index contributed by atoms with van der Waals surface area (Å²) in [4.78, 5) is 23.9. The van der Waals surface area contributed by atoms with Gasteiger partial charge in [0, 0.05) is 19.1 Å². The van der Waals surface area contributed by atoms with Crippen LogP contribution in [0.3, 0.4) is 0 Å². The molecule has 3 N–H and O–H groups in total. The number of nitrogens with one attached hydrogen (secondary N) is 1. The molecule has 0 aromatic carbocycles. The van der Waals surface area contributed by atoms with Crippen LogP contribution in [0.2, 0.25) is 0 Å². The molecule has 0 spiro atoms. The topological polar surface area (TPSA) is 75.4 Å². The lowest BCUT2D eigenvalue weighted by Crippen LogP contribution is -2.35. The van der Waals surface area contributed by atoms with Gasteiger partial charge in [-0.05, 0) is 19.1 Å². The maximum Gasteiger partial charge on any atom is 0.324 e. The van der Waals surface area contributed by atoms with E-state index >= 15 is 0 Å². The van der Waals surface area contributed by atoms with Crippen LogP contribution in [-0.4, -0.2) is 47.5 Å². The van der Waals surface area contributed by atoms with E-state index in [2.05, 4.69) is 5.32 Å². The molecule has 0 aliphatic carbocycles. The molecular weight excluding hydrogens is 214 g/mol. The van der Waals surface area contributed by atoms with Crippen molar-refractivity contribution in [2.45, 2.75) is 19.4 Å². The highest BCUT2D eigenvalue weighted by molar-refractivity contribution is 7.99. The van der Waals surface area contributed by atoms with E-state index in [9.17, 15) is 9.59 Å². The quantitative estimate of drug-likeness (QED) is 0.654. The van der Waals surface area contributed by atoms with Crippen molar-refractivity contribution < 1.29 is 9.59 Å². The van der Waals surface area contributed by atoms with Crippen LogP contribution in [0, 0.1) is 0 Å². The highest BCUT2D eigenvalue weighted by Gasteiger charge is 2.25.